The lowest BCUT2D eigenvalue weighted by Crippen LogP contribution is -2.45. The molecule has 0 spiro atoms. The zero-order valence-electron chi connectivity index (χ0n) is 12.2. The number of benzene rings is 1. The Hall–Kier alpha value is -1.27. The van der Waals surface area contributed by atoms with Gasteiger partial charge in [0.15, 0.2) is 0 Å². The molecule has 0 radical (unpaired) electrons. The third-order valence-corrected chi connectivity index (χ3v) is 4.92. The van der Waals surface area contributed by atoms with Crippen molar-refractivity contribution in [2.24, 2.45) is 0 Å². The van der Waals surface area contributed by atoms with Crippen LogP contribution in [0.2, 0.25) is 0 Å². The second-order valence-corrected chi connectivity index (χ2v) is 6.25. The molecule has 1 heterocycles. The van der Waals surface area contributed by atoms with Crippen molar-refractivity contribution in [3.8, 4) is 5.75 Å². The van der Waals surface area contributed by atoms with Crippen LogP contribution in [0.4, 0.5) is 4.39 Å². The average molecular weight is 313 g/mol. The highest BCUT2D eigenvalue weighted by Gasteiger charge is 2.31. The molecule has 0 bridgehead atoms. The van der Waals surface area contributed by atoms with Gasteiger partial charge in [-0.25, -0.2) is 4.39 Å². The Kier molecular flexibility index (Phi) is 5.47. The molecule has 0 saturated carbocycles. The first-order valence-electron chi connectivity index (χ1n) is 6.92. The monoisotopic (exact) mass is 313 g/mol. The van der Waals surface area contributed by atoms with Gasteiger partial charge in [0.2, 0.25) is 0 Å². The standard InChI is InChI=1S/C15H20FNO3S/c1-10(15-12(16)4-3-5-13(15)20-2)17-6-7-21-9-11(17)8-14(18)19/h3-5,10-11H,6-9H2,1-2H3,(H,18,19). The highest BCUT2D eigenvalue weighted by molar-refractivity contribution is 7.99. The molecule has 0 amide bonds. The summed E-state index contributed by atoms with van der Waals surface area (Å²) in [4.78, 5) is 13.1. The van der Waals surface area contributed by atoms with E-state index in [0.717, 1.165) is 18.1 Å². The van der Waals surface area contributed by atoms with Crippen LogP contribution in [0, 0.1) is 5.82 Å². The fourth-order valence-corrected chi connectivity index (χ4v) is 3.91. The van der Waals surface area contributed by atoms with Gasteiger partial charge in [-0.15, -0.1) is 0 Å². The molecule has 2 unspecified atom stereocenters. The molecule has 2 rings (SSSR count). The molecule has 1 aromatic carbocycles. The maximum atomic E-state index is 14.2. The van der Waals surface area contributed by atoms with Crippen LogP contribution < -0.4 is 4.74 Å². The molecule has 6 heteroatoms. The molecule has 1 aliphatic rings. The molecule has 1 N–H and O–H groups in total. The van der Waals surface area contributed by atoms with E-state index in [0.29, 0.717) is 11.3 Å². The second-order valence-electron chi connectivity index (χ2n) is 5.10. The number of rotatable bonds is 5. The van der Waals surface area contributed by atoms with Crippen molar-refractivity contribution in [2.75, 3.05) is 25.2 Å². The number of carboxylic acids is 1. The maximum absolute atomic E-state index is 14.2. The Bertz CT molecular complexity index is 512. The molecule has 116 valence electrons. The van der Waals surface area contributed by atoms with Gasteiger partial charge in [-0.3, -0.25) is 9.69 Å². The average Bonchev–Trinajstić information content (AvgIpc) is 2.46. The number of halogens is 1. The Labute approximate surface area is 128 Å². The minimum Gasteiger partial charge on any atom is -0.496 e. The van der Waals surface area contributed by atoms with Crippen molar-refractivity contribution in [1.29, 1.82) is 0 Å². The van der Waals surface area contributed by atoms with Crippen molar-refractivity contribution in [3.05, 3.63) is 29.6 Å². The Balaban J connectivity index is 2.28. The van der Waals surface area contributed by atoms with Gasteiger partial charge in [-0.05, 0) is 19.1 Å². The van der Waals surface area contributed by atoms with E-state index in [9.17, 15) is 9.18 Å². The summed E-state index contributed by atoms with van der Waals surface area (Å²) in [6.07, 6.45) is 0.0775. The lowest BCUT2D eigenvalue weighted by molar-refractivity contribution is -0.138. The topological polar surface area (TPSA) is 49.8 Å². The van der Waals surface area contributed by atoms with Gasteiger partial charge >= 0.3 is 5.97 Å². The first kappa shape index (κ1) is 16.1. The number of hydrogen-bond acceptors (Lipinski definition) is 4. The summed E-state index contributed by atoms with van der Waals surface area (Å²) >= 11 is 1.75. The summed E-state index contributed by atoms with van der Waals surface area (Å²) in [6.45, 7) is 2.66. The fraction of sp³-hybridized carbons (Fsp3) is 0.533. The molecule has 1 fully saturated rings. The Morgan fingerprint density at radius 1 is 1.62 bits per heavy atom. The molecule has 21 heavy (non-hydrogen) atoms. The first-order valence-corrected chi connectivity index (χ1v) is 8.07. The van der Waals surface area contributed by atoms with Crippen LogP contribution in [0.25, 0.3) is 0 Å². The molecule has 4 nitrogen and oxygen atoms in total. The number of methoxy groups -OCH3 is 1. The van der Waals surface area contributed by atoms with Gasteiger partial charge in [-0.2, -0.15) is 11.8 Å². The van der Waals surface area contributed by atoms with Crippen LogP contribution in [-0.4, -0.2) is 47.2 Å². The predicted molar refractivity (Wildman–Crippen MR) is 81.4 cm³/mol. The third kappa shape index (κ3) is 3.68. The molecule has 0 aromatic heterocycles. The van der Waals surface area contributed by atoms with Crippen LogP contribution in [0.3, 0.4) is 0 Å². The SMILES string of the molecule is COc1cccc(F)c1C(C)N1CCSCC1CC(=O)O. The van der Waals surface area contributed by atoms with Crippen molar-refractivity contribution in [3.63, 3.8) is 0 Å². The van der Waals surface area contributed by atoms with Gasteiger partial charge in [0.1, 0.15) is 11.6 Å². The van der Waals surface area contributed by atoms with E-state index in [2.05, 4.69) is 4.90 Å². The normalized spacial score (nSPS) is 21.0. The van der Waals surface area contributed by atoms with E-state index in [1.165, 1.54) is 13.2 Å². The summed E-state index contributed by atoms with van der Waals surface area (Å²) in [6, 6.07) is 4.47. The lowest BCUT2D eigenvalue weighted by atomic mass is 10.0. The lowest BCUT2D eigenvalue weighted by Gasteiger charge is -2.39. The number of thioether (sulfide) groups is 1. The van der Waals surface area contributed by atoms with E-state index in [-0.39, 0.29) is 24.3 Å². The van der Waals surface area contributed by atoms with Crippen molar-refractivity contribution in [2.45, 2.75) is 25.4 Å². The summed E-state index contributed by atoms with van der Waals surface area (Å²) in [5.74, 6) is 1.06. The van der Waals surface area contributed by atoms with Gasteiger partial charge in [0.25, 0.3) is 0 Å². The van der Waals surface area contributed by atoms with Crippen LogP contribution in [0.15, 0.2) is 18.2 Å². The zero-order valence-corrected chi connectivity index (χ0v) is 13.0. The molecular formula is C15H20FNO3S. The van der Waals surface area contributed by atoms with Crippen molar-refractivity contribution >= 4 is 17.7 Å². The summed E-state index contributed by atoms with van der Waals surface area (Å²) in [7, 11) is 1.52. The van der Waals surface area contributed by atoms with Crippen LogP contribution in [0.5, 0.6) is 5.75 Å². The largest absolute Gasteiger partial charge is 0.496 e. The molecule has 2 atom stereocenters. The van der Waals surface area contributed by atoms with Crippen LogP contribution in [0.1, 0.15) is 24.9 Å². The molecule has 1 aromatic rings. The minimum atomic E-state index is -0.819. The summed E-state index contributed by atoms with van der Waals surface area (Å²) < 4.78 is 19.5. The van der Waals surface area contributed by atoms with Gasteiger partial charge in [0.05, 0.1) is 13.5 Å². The molecule has 1 aliphatic heterocycles. The Morgan fingerprint density at radius 3 is 3.05 bits per heavy atom. The molecule has 0 aliphatic carbocycles. The fourth-order valence-electron chi connectivity index (χ4n) is 2.82. The number of hydrogen-bond donors (Lipinski definition) is 1. The van der Waals surface area contributed by atoms with E-state index < -0.39 is 5.97 Å². The number of nitrogens with zero attached hydrogens (tertiary/aromatic N) is 1. The van der Waals surface area contributed by atoms with Crippen LogP contribution in [-0.2, 0) is 4.79 Å². The predicted octanol–water partition coefficient (Wildman–Crippen LogP) is 2.79. The van der Waals surface area contributed by atoms with Gasteiger partial charge in [-0.1, -0.05) is 6.07 Å². The van der Waals surface area contributed by atoms with Gasteiger partial charge in [0, 0.05) is 35.7 Å². The van der Waals surface area contributed by atoms with E-state index in [1.807, 2.05) is 6.92 Å². The quantitative estimate of drug-likeness (QED) is 0.906. The molecule has 1 saturated heterocycles. The van der Waals surface area contributed by atoms with E-state index in [4.69, 9.17) is 9.84 Å². The Morgan fingerprint density at radius 2 is 2.38 bits per heavy atom. The number of carbonyl (C=O) groups is 1. The maximum Gasteiger partial charge on any atom is 0.304 e. The van der Waals surface area contributed by atoms with Crippen molar-refractivity contribution < 1.29 is 19.0 Å². The van der Waals surface area contributed by atoms with Crippen LogP contribution >= 0.6 is 11.8 Å². The first-order chi connectivity index (χ1) is 10.0. The number of carboxylic acid groups (broad SMARTS) is 1. The third-order valence-electron chi connectivity index (χ3n) is 3.83. The van der Waals surface area contributed by atoms with E-state index >= 15 is 0 Å². The molecular weight excluding hydrogens is 293 g/mol. The summed E-state index contributed by atoms with van der Waals surface area (Å²) in [5, 5.41) is 9.06. The number of aliphatic carboxylic acids is 1. The second kappa shape index (κ2) is 7.13. The smallest absolute Gasteiger partial charge is 0.304 e. The zero-order chi connectivity index (χ0) is 15.4. The number of ether oxygens (including phenoxy) is 1. The highest BCUT2D eigenvalue weighted by Crippen LogP contribution is 2.35. The minimum absolute atomic E-state index is 0.0775. The van der Waals surface area contributed by atoms with Crippen molar-refractivity contribution in [1.82, 2.24) is 4.90 Å². The van der Waals surface area contributed by atoms with E-state index in [1.54, 1.807) is 23.9 Å². The summed E-state index contributed by atoms with van der Waals surface area (Å²) in [5.41, 5.74) is 0.502. The van der Waals surface area contributed by atoms with Gasteiger partial charge < -0.3 is 9.84 Å². The highest BCUT2D eigenvalue weighted by atomic mass is 32.2.